The fraction of sp³-hybridized carbons (Fsp3) is 0.476. The Labute approximate surface area is 155 Å². The number of hydrogen-bond acceptors (Lipinski definition) is 4. The molecule has 1 saturated heterocycles. The van der Waals surface area contributed by atoms with Crippen LogP contribution in [0.2, 0.25) is 0 Å². The average molecular weight is 352 g/mol. The molecule has 1 aromatic carbocycles. The number of benzene rings is 1. The van der Waals surface area contributed by atoms with Crippen molar-refractivity contribution in [2.45, 2.75) is 45.1 Å². The number of nitrogens with one attached hydrogen (secondary N) is 1. The predicted molar refractivity (Wildman–Crippen MR) is 104 cm³/mol. The maximum atomic E-state index is 12.4. The number of aromatic nitrogens is 2. The Balaban J connectivity index is 1.56. The molecule has 0 bridgehead atoms. The monoisotopic (exact) mass is 352 g/mol. The number of piperidine rings is 1. The van der Waals surface area contributed by atoms with E-state index in [0.717, 1.165) is 25.1 Å². The van der Waals surface area contributed by atoms with E-state index in [0.29, 0.717) is 24.0 Å². The Bertz CT molecular complexity index is 687. The fourth-order valence-corrected chi connectivity index (χ4v) is 3.44. The van der Waals surface area contributed by atoms with Gasteiger partial charge in [-0.05, 0) is 32.4 Å². The zero-order valence-electron chi connectivity index (χ0n) is 15.5. The molecule has 3 rings (SSSR count). The van der Waals surface area contributed by atoms with Gasteiger partial charge in [0.15, 0.2) is 5.82 Å². The quantitative estimate of drug-likeness (QED) is 0.828. The fourth-order valence-electron chi connectivity index (χ4n) is 3.44. The van der Waals surface area contributed by atoms with Crippen molar-refractivity contribution in [3.8, 4) is 11.4 Å². The van der Waals surface area contributed by atoms with Crippen LogP contribution in [0.5, 0.6) is 0 Å². The zero-order valence-corrected chi connectivity index (χ0v) is 15.5. The van der Waals surface area contributed by atoms with Crippen LogP contribution < -0.4 is 5.32 Å². The van der Waals surface area contributed by atoms with Gasteiger partial charge in [-0.2, -0.15) is 0 Å². The lowest BCUT2D eigenvalue weighted by Crippen LogP contribution is -2.47. The first kappa shape index (κ1) is 18.5. The number of unbranched alkanes of at least 4 members (excludes halogenated alkanes) is 1. The molecule has 0 radical (unpaired) electrons. The van der Waals surface area contributed by atoms with E-state index in [9.17, 15) is 4.79 Å². The maximum Gasteiger partial charge on any atom is 0.254 e. The second-order valence-corrected chi connectivity index (χ2v) is 6.91. The number of likely N-dealkylation sites (tertiary alicyclic amines) is 1. The summed E-state index contributed by atoms with van der Waals surface area (Å²) in [7, 11) is 0. The summed E-state index contributed by atoms with van der Waals surface area (Å²) in [5, 5.41) is 3.07. The summed E-state index contributed by atoms with van der Waals surface area (Å²) < 4.78 is 0. The third kappa shape index (κ3) is 4.88. The number of amides is 1. The van der Waals surface area contributed by atoms with Crippen molar-refractivity contribution in [1.29, 1.82) is 0 Å². The van der Waals surface area contributed by atoms with Crippen molar-refractivity contribution >= 4 is 5.91 Å². The van der Waals surface area contributed by atoms with Gasteiger partial charge < -0.3 is 5.32 Å². The van der Waals surface area contributed by atoms with Crippen LogP contribution in [-0.2, 0) is 0 Å². The smallest absolute Gasteiger partial charge is 0.254 e. The first-order valence-electron chi connectivity index (χ1n) is 9.67. The highest BCUT2D eigenvalue weighted by atomic mass is 16.1. The van der Waals surface area contributed by atoms with Crippen molar-refractivity contribution in [3.63, 3.8) is 0 Å². The summed E-state index contributed by atoms with van der Waals surface area (Å²) in [6.07, 6.45) is 9.33. The Hall–Kier alpha value is -2.27. The number of carbonyl (C=O) groups is 1. The summed E-state index contributed by atoms with van der Waals surface area (Å²) >= 11 is 0. The lowest BCUT2D eigenvalue weighted by Gasteiger charge is -2.35. The molecular weight excluding hydrogens is 324 g/mol. The van der Waals surface area contributed by atoms with Gasteiger partial charge in [-0.1, -0.05) is 50.1 Å². The van der Waals surface area contributed by atoms with E-state index >= 15 is 0 Å². The van der Waals surface area contributed by atoms with Gasteiger partial charge in [0.25, 0.3) is 5.91 Å². The highest BCUT2D eigenvalue weighted by molar-refractivity contribution is 5.93. The average Bonchev–Trinajstić information content (AvgIpc) is 2.72. The van der Waals surface area contributed by atoms with E-state index in [1.165, 1.54) is 25.7 Å². The summed E-state index contributed by atoms with van der Waals surface area (Å²) in [6.45, 7) is 5.20. The van der Waals surface area contributed by atoms with Gasteiger partial charge >= 0.3 is 0 Å². The van der Waals surface area contributed by atoms with Crippen molar-refractivity contribution in [1.82, 2.24) is 20.2 Å². The minimum atomic E-state index is -0.0920. The molecular formula is C21H28N4O. The Morgan fingerprint density at radius 3 is 2.69 bits per heavy atom. The van der Waals surface area contributed by atoms with Crippen LogP contribution in [0.25, 0.3) is 11.4 Å². The van der Waals surface area contributed by atoms with Crippen LogP contribution in [0, 0.1) is 0 Å². The van der Waals surface area contributed by atoms with Crippen molar-refractivity contribution in [3.05, 3.63) is 48.3 Å². The van der Waals surface area contributed by atoms with Crippen LogP contribution in [-0.4, -0.2) is 46.5 Å². The van der Waals surface area contributed by atoms with Crippen molar-refractivity contribution in [2.75, 3.05) is 19.6 Å². The van der Waals surface area contributed by atoms with Crippen LogP contribution in [0.15, 0.2) is 42.7 Å². The number of rotatable bonds is 7. The molecule has 0 saturated carbocycles. The van der Waals surface area contributed by atoms with Gasteiger partial charge in [-0.25, -0.2) is 9.97 Å². The van der Waals surface area contributed by atoms with Crippen molar-refractivity contribution in [2.24, 2.45) is 0 Å². The summed E-state index contributed by atoms with van der Waals surface area (Å²) in [4.78, 5) is 23.7. The first-order chi connectivity index (χ1) is 12.8. The van der Waals surface area contributed by atoms with Gasteiger partial charge in [0.05, 0.1) is 5.56 Å². The molecule has 0 aliphatic carbocycles. The normalized spacial score (nSPS) is 17.8. The molecule has 1 aliphatic rings. The largest absolute Gasteiger partial charge is 0.350 e. The second kappa shape index (κ2) is 9.43. The van der Waals surface area contributed by atoms with Crippen LogP contribution in [0.3, 0.4) is 0 Å². The molecule has 5 nitrogen and oxygen atoms in total. The Morgan fingerprint density at radius 1 is 1.19 bits per heavy atom. The Kier molecular flexibility index (Phi) is 6.72. The van der Waals surface area contributed by atoms with Gasteiger partial charge in [0, 0.05) is 30.5 Å². The summed E-state index contributed by atoms with van der Waals surface area (Å²) in [5.74, 6) is 0.547. The van der Waals surface area contributed by atoms with E-state index in [-0.39, 0.29) is 5.91 Å². The zero-order chi connectivity index (χ0) is 18.2. The van der Waals surface area contributed by atoms with Crippen LogP contribution in [0.4, 0.5) is 0 Å². The van der Waals surface area contributed by atoms with E-state index in [1.807, 2.05) is 30.3 Å². The van der Waals surface area contributed by atoms with Gasteiger partial charge in [-0.3, -0.25) is 9.69 Å². The molecule has 5 heteroatoms. The molecule has 1 N–H and O–H groups in total. The molecule has 1 fully saturated rings. The molecule has 138 valence electrons. The van der Waals surface area contributed by atoms with Gasteiger partial charge in [0.1, 0.15) is 0 Å². The van der Waals surface area contributed by atoms with E-state index in [4.69, 9.17) is 0 Å². The third-order valence-electron chi connectivity index (χ3n) is 4.99. The SMILES string of the molecule is CCCCN1CCCCC1CNC(=O)c1cnc(-c2ccccc2)nc1. The van der Waals surface area contributed by atoms with Crippen LogP contribution in [0.1, 0.15) is 49.4 Å². The van der Waals surface area contributed by atoms with Crippen molar-refractivity contribution < 1.29 is 4.79 Å². The van der Waals surface area contributed by atoms with E-state index < -0.39 is 0 Å². The third-order valence-corrected chi connectivity index (χ3v) is 4.99. The Morgan fingerprint density at radius 2 is 1.96 bits per heavy atom. The predicted octanol–water partition coefficient (Wildman–Crippen LogP) is 3.53. The molecule has 1 atom stereocenters. The molecule has 1 amide bonds. The maximum absolute atomic E-state index is 12.4. The van der Waals surface area contributed by atoms with Crippen LogP contribution >= 0.6 is 0 Å². The van der Waals surface area contributed by atoms with E-state index in [2.05, 4.69) is 27.1 Å². The standard InChI is InChI=1S/C21H28N4O/c1-2-3-12-25-13-8-7-11-19(25)16-24-21(26)18-14-22-20(23-15-18)17-9-5-4-6-10-17/h4-6,9-10,14-15,19H,2-3,7-8,11-13,16H2,1H3,(H,24,26). The number of carbonyl (C=O) groups excluding carboxylic acids is 1. The number of hydrogen-bond donors (Lipinski definition) is 1. The first-order valence-corrected chi connectivity index (χ1v) is 9.67. The second-order valence-electron chi connectivity index (χ2n) is 6.91. The highest BCUT2D eigenvalue weighted by Crippen LogP contribution is 2.17. The molecule has 26 heavy (non-hydrogen) atoms. The van der Waals surface area contributed by atoms with Gasteiger partial charge in [0.2, 0.25) is 0 Å². The number of nitrogens with zero attached hydrogens (tertiary/aromatic N) is 3. The highest BCUT2D eigenvalue weighted by Gasteiger charge is 2.22. The van der Waals surface area contributed by atoms with Gasteiger partial charge in [-0.15, -0.1) is 0 Å². The summed E-state index contributed by atoms with van der Waals surface area (Å²) in [5.41, 5.74) is 1.47. The van der Waals surface area contributed by atoms with E-state index in [1.54, 1.807) is 12.4 Å². The minimum Gasteiger partial charge on any atom is -0.350 e. The lowest BCUT2D eigenvalue weighted by molar-refractivity contribution is 0.0912. The molecule has 1 aromatic heterocycles. The molecule has 2 heterocycles. The molecule has 2 aromatic rings. The minimum absolute atomic E-state index is 0.0920. The lowest BCUT2D eigenvalue weighted by atomic mass is 10.0. The molecule has 1 unspecified atom stereocenters. The topological polar surface area (TPSA) is 58.1 Å². The summed E-state index contributed by atoms with van der Waals surface area (Å²) in [6, 6.07) is 10.2. The molecule has 1 aliphatic heterocycles. The molecule has 0 spiro atoms.